The number of amides is 1. The third-order valence-corrected chi connectivity index (χ3v) is 1.79. The number of rotatable bonds is 7. The summed E-state index contributed by atoms with van der Waals surface area (Å²) >= 11 is 0. The number of hydrogen-bond donors (Lipinski definition) is 3. The van der Waals surface area contributed by atoms with Crippen molar-refractivity contribution < 1.29 is 9.90 Å². The Labute approximate surface area is 79.7 Å². The van der Waals surface area contributed by atoms with Crippen molar-refractivity contribution in [3.63, 3.8) is 0 Å². The van der Waals surface area contributed by atoms with E-state index in [0.717, 1.165) is 19.4 Å². The van der Waals surface area contributed by atoms with Gasteiger partial charge in [0.25, 0.3) is 0 Å². The predicted octanol–water partition coefficient (Wildman–Crippen LogP) is -0.127. The van der Waals surface area contributed by atoms with E-state index in [4.69, 9.17) is 5.11 Å². The van der Waals surface area contributed by atoms with Gasteiger partial charge in [-0.25, -0.2) is 0 Å². The van der Waals surface area contributed by atoms with Gasteiger partial charge in [-0.15, -0.1) is 0 Å². The van der Waals surface area contributed by atoms with Gasteiger partial charge in [-0.05, 0) is 19.4 Å². The van der Waals surface area contributed by atoms with Crippen LogP contribution in [0, 0.1) is 0 Å². The molecule has 0 aromatic rings. The summed E-state index contributed by atoms with van der Waals surface area (Å²) in [5.41, 5.74) is 0. The summed E-state index contributed by atoms with van der Waals surface area (Å²) in [6, 6.07) is -0.101. The number of carbonyl (C=O) groups excluding carboxylic acids is 1. The average molecular weight is 188 g/mol. The lowest BCUT2D eigenvalue weighted by atomic mass is 10.2. The zero-order valence-corrected chi connectivity index (χ0v) is 8.47. The van der Waals surface area contributed by atoms with Crippen LogP contribution in [0.5, 0.6) is 0 Å². The maximum absolute atomic E-state index is 11.2. The number of aliphatic hydroxyl groups excluding tert-OH is 1. The Bertz CT molecular complexity index is 136. The first-order valence-corrected chi connectivity index (χ1v) is 4.85. The minimum Gasteiger partial charge on any atom is -0.394 e. The first kappa shape index (κ1) is 12.4. The second-order valence-electron chi connectivity index (χ2n) is 3.03. The van der Waals surface area contributed by atoms with Gasteiger partial charge in [-0.2, -0.15) is 0 Å². The number of aliphatic hydroxyl groups is 1. The third kappa shape index (κ3) is 6.54. The third-order valence-electron chi connectivity index (χ3n) is 1.79. The van der Waals surface area contributed by atoms with Crippen LogP contribution in [-0.4, -0.2) is 36.8 Å². The Hall–Kier alpha value is -0.610. The average Bonchev–Trinajstić information content (AvgIpc) is 2.14. The zero-order valence-electron chi connectivity index (χ0n) is 8.47. The van der Waals surface area contributed by atoms with Crippen molar-refractivity contribution in [1.29, 1.82) is 0 Å². The Balaban J connectivity index is 3.48. The van der Waals surface area contributed by atoms with Crippen LogP contribution in [0.15, 0.2) is 0 Å². The molecule has 0 rings (SSSR count). The molecule has 0 aliphatic rings. The van der Waals surface area contributed by atoms with Gasteiger partial charge in [0.05, 0.1) is 19.2 Å². The van der Waals surface area contributed by atoms with Gasteiger partial charge >= 0.3 is 0 Å². The maximum atomic E-state index is 11.2. The van der Waals surface area contributed by atoms with Gasteiger partial charge in [0.15, 0.2) is 0 Å². The van der Waals surface area contributed by atoms with Crippen LogP contribution in [0.25, 0.3) is 0 Å². The van der Waals surface area contributed by atoms with E-state index in [0.29, 0.717) is 6.54 Å². The van der Waals surface area contributed by atoms with Crippen molar-refractivity contribution in [3.8, 4) is 0 Å². The molecule has 0 aromatic heterocycles. The molecule has 0 radical (unpaired) electrons. The molecule has 1 atom stereocenters. The standard InChI is InChI=1S/C9H20N2O2/c1-3-5-10-6-9(13)11-8(4-2)7-12/h8,10,12H,3-7H2,1-2H3,(H,11,13)/t8-/m0/s1. The fourth-order valence-electron chi connectivity index (χ4n) is 0.934. The highest BCUT2D eigenvalue weighted by atomic mass is 16.3. The molecule has 4 nitrogen and oxygen atoms in total. The minimum absolute atomic E-state index is 0.00994. The van der Waals surface area contributed by atoms with E-state index in [2.05, 4.69) is 10.6 Å². The Morgan fingerprint density at radius 2 is 2.15 bits per heavy atom. The number of hydrogen-bond acceptors (Lipinski definition) is 3. The van der Waals surface area contributed by atoms with Crippen LogP contribution in [0.3, 0.4) is 0 Å². The molecule has 0 bridgehead atoms. The molecule has 13 heavy (non-hydrogen) atoms. The van der Waals surface area contributed by atoms with Gasteiger partial charge in [-0.1, -0.05) is 13.8 Å². The summed E-state index contributed by atoms with van der Waals surface area (Å²) in [5.74, 6) is -0.0469. The molecule has 0 unspecified atom stereocenters. The van der Waals surface area contributed by atoms with Crippen LogP contribution in [0.2, 0.25) is 0 Å². The molecule has 4 heteroatoms. The van der Waals surface area contributed by atoms with Gasteiger partial charge in [0, 0.05) is 0 Å². The van der Waals surface area contributed by atoms with Crippen molar-refractivity contribution in [2.45, 2.75) is 32.7 Å². The first-order valence-electron chi connectivity index (χ1n) is 4.85. The largest absolute Gasteiger partial charge is 0.394 e. The van der Waals surface area contributed by atoms with Gasteiger partial charge in [0.2, 0.25) is 5.91 Å². The van der Waals surface area contributed by atoms with Crippen molar-refractivity contribution in [3.05, 3.63) is 0 Å². The van der Waals surface area contributed by atoms with E-state index in [1.807, 2.05) is 13.8 Å². The van der Waals surface area contributed by atoms with Crippen molar-refractivity contribution in [1.82, 2.24) is 10.6 Å². The van der Waals surface area contributed by atoms with Crippen molar-refractivity contribution in [2.24, 2.45) is 0 Å². The van der Waals surface area contributed by atoms with Crippen LogP contribution >= 0.6 is 0 Å². The smallest absolute Gasteiger partial charge is 0.234 e. The molecule has 3 N–H and O–H groups in total. The SMILES string of the molecule is CCCNCC(=O)N[C@@H](CC)CO. The second-order valence-corrected chi connectivity index (χ2v) is 3.03. The topological polar surface area (TPSA) is 61.4 Å². The van der Waals surface area contributed by atoms with E-state index >= 15 is 0 Å². The second kappa shape index (κ2) is 8.01. The molecule has 0 heterocycles. The van der Waals surface area contributed by atoms with E-state index in [-0.39, 0.29) is 18.6 Å². The van der Waals surface area contributed by atoms with E-state index in [9.17, 15) is 4.79 Å². The highest BCUT2D eigenvalue weighted by Crippen LogP contribution is 1.87. The van der Waals surface area contributed by atoms with Gasteiger partial charge in [-0.3, -0.25) is 4.79 Å². The van der Waals surface area contributed by atoms with E-state index in [1.54, 1.807) is 0 Å². The fraction of sp³-hybridized carbons (Fsp3) is 0.889. The molecular weight excluding hydrogens is 168 g/mol. The highest BCUT2D eigenvalue weighted by molar-refractivity contribution is 5.78. The van der Waals surface area contributed by atoms with Crippen LogP contribution in [0.4, 0.5) is 0 Å². The quantitative estimate of drug-likeness (QED) is 0.488. The van der Waals surface area contributed by atoms with E-state index in [1.165, 1.54) is 0 Å². The Morgan fingerprint density at radius 1 is 1.46 bits per heavy atom. The molecule has 0 saturated heterocycles. The molecular formula is C9H20N2O2. The lowest BCUT2D eigenvalue weighted by molar-refractivity contribution is -0.121. The molecule has 78 valence electrons. The first-order chi connectivity index (χ1) is 6.24. The molecule has 0 fully saturated rings. The summed E-state index contributed by atoms with van der Waals surface area (Å²) < 4.78 is 0. The number of carbonyl (C=O) groups is 1. The summed E-state index contributed by atoms with van der Waals surface area (Å²) in [7, 11) is 0. The summed E-state index contributed by atoms with van der Waals surface area (Å²) in [5, 5.41) is 14.5. The highest BCUT2D eigenvalue weighted by Gasteiger charge is 2.07. The predicted molar refractivity (Wildman–Crippen MR) is 52.5 cm³/mol. The minimum atomic E-state index is -0.101. The lowest BCUT2D eigenvalue weighted by Gasteiger charge is -2.13. The van der Waals surface area contributed by atoms with Crippen molar-refractivity contribution >= 4 is 5.91 Å². The van der Waals surface area contributed by atoms with Crippen LogP contribution < -0.4 is 10.6 Å². The van der Waals surface area contributed by atoms with Crippen LogP contribution in [0.1, 0.15) is 26.7 Å². The molecule has 0 aliphatic carbocycles. The Morgan fingerprint density at radius 3 is 2.62 bits per heavy atom. The Kier molecular flexibility index (Phi) is 7.63. The molecule has 0 spiro atoms. The molecule has 0 saturated carbocycles. The van der Waals surface area contributed by atoms with Gasteiger partial charge < -0.3 is 15.7 Å². The lowest BCUT2D eigenvalue weighted by Crippen LogP contribution is -2.42. The number of nitrogens with one attached hydrogen (secondary N) is 2. The fourth-order valence-corrected chi connectivity index (χ4v) is 0.934. The van der Waals surface area contributed by atoms with Gasteiger partial charge in [0.1, 0.15) is 0 Å². The molecule has 0 aromatic carbocycles. The van der Waals surface area contributed by atoms with Crippen LogP contribution in [-0.2, 0) is 4.79 Å². The van der Waals surface area contributed by atoms with E-state index < -0.39 is 0 Å². The molecule has 1 amide bonds. The maximum Gasteiger partial charge on any atom is 0.234 e. The normalized spacial score (nSPS) is 12.5. The summed E-state index contributed by atoms with van der Waals surface area (Å²) in [4.78, 5) is 11.2. The monoisotopic (exact) mass is 188 g/mol. The zero-order chi connectivity index (χ0) is 10.1. The van der Waals surface area contributed by atoms with Crippen molar-refractivity contribution in [2.75, 3.05) is 19.7 Å². The summed E-state index contributed by atoms with van der Waals surface area (Å²) in [6.45, 7) is 5.18. The summed E-state index contributed by atoms with van der Waals surface area (Å²) in [6.07, 6.45) is 1.78. The molecule has 0 aliphatic heterocycles.